The fourth-order valence-corrected chi connectivity index (χ4v) is 4.30. The summed E-state index contributed by atoms with van der Waals surface area (Å²) in [5.41, 5.74) is 0.126. The highest BCUT2D eigenvalue weighted by molar-refractivity contribution is 5.96. The average molecular weight is 495 g/mol. The van der Waals surface area contributed by atoms with Gasteiger partial charge in [0.2, 0.25) is 11.5 Å². The number of hydrogen-bond donors (Lipinski definition) is 3. The molecule has 0 fully saturated rings. The van der Waals surface area contributed by atoms with Crippen LogP contribution in [0.3, 0.4) is 0 Å². The molecule has 0 radical (unpaired) electrons. The van der Waals surface area contributed by atoms with Crippen molar-refractivity contribution in [1.82, 2.24) is 0 Å². The zero-order valence-electron chi connectivity index (χ0n) is 22.5. The molecule has 6 nitrogen and oxygen atoms in total. The normalized spacial score (nSPS) is 11.1. The van der Waals surface area contributed by atoms with Crippen LogP contribution in [0.2, 0.25) is 0 Å². The smallest absolute Gasteiger partial charge is 0.340 e. The van der Waals surface area contributed by atoms with Crippen LogP contribution in [-0.2, 0) is 6.42 Å². The quantitative estimate of drug-likeness (QED) is 0.111. The topological polar surface area (TPSA) is 96.2 Å². The lowest BCUT2D eigenvalue weighted by atomic mass is 9.98. The van der Waals surface area contributed by atoms with Crippen LogP contribution in [0, 0.1) is 0 Å². The maximum atomic E-state index is 12.0. The van der Waals surface area contributed by atoms with Crippen LogP contribution < -0.4 is 9.47 Å². The lowest BCUT2D eigenvalue weighted by Crippen LogP contribution is -2.11. The van der Waals surface area contributed by atoms with Crippen molar-refractivity contribution in [2.45, 2.75) is 130 Å². The highest BCUT2D eigenvalue weighted by Gasteiger charge is 2.29. The monoisotopic (exact) mass is 494 g/mol. The molecule has 0 aromatic heterocycles. The standard InChI is InChI=1S/C29H50O6/c1-4-7-10-12-14-16-18-21-34-27-23(20-9-6-3)24(29(32)33)25(30)26(31)28(27)35-22-19-17-15-13-11-8-5-2/h30-31H,4-22H2,1-3H3,(H,32,33). The molecule has 0 aliphatic carbocycles. The van der Waals surface area contributed by atoms with Crippen molar-refractivity contribution in [3.8, 4) is 23.0 Å². The summed E-state index contributed by atoms with van der Waals surface area (Å²) in [5, 5.41) is 31.0. The van der Waals surface area contributed by atoms with Crippen molar-refractivity contribution in [3.05, 3.63) is 11.1 Å². The van der Waals surface area contributed by atoms with Gasteiger partial charge in [-0.25, -0.2) is 4.79 Å². The highest BCUT2D eigenvalue weighted by Crippen LogP contribution is 2.49. The molecular weight excluding hydrogens is 444 g/mol. The SMILES string of the molecule is CCCCCCCCCOc1c(O)c(O)c(C(=O)O)c(CCCC)c1OCCCCCCCCC. The fourth-order valence-electron chi connectivity index (χ4n) is 4.30. The lowest BCUT2D eigenvalue weighted by molar-refractivity contribution is 0.0690. The Kier molecular flexibility index (Phi) is 16.9. The second-order valence-corrected chi connectivity index (χ2v) is 9.56. The van der Waals surface area contributed by atoms with Gasteiger partial charge in [0, 0.05) is 5.56 Å². The second kappa shape index (κ2) is 19.1. The van der Waals surface area contributed by atoms with Gasteiger partial charge in [0.1, 0.15) is 5.56 Å². The van der Waals surface area contributed by atoms with Gasteiger partial charge < -0.3 is 24.8 Å². The molecule has 1 aromatic rings. The molecule has 1 rings (SSSR count). The molecule has 0 heterocycles. The highest BCUT2D eigenvalue weighted by atomic mass is 16.5. The number of rotatable bonds is 22. The van der Waals surface area contributed by atoms with Gasteiger partial charge in [-0.3, -0.25) is 0 Å². The van der Waals surface area contributed by atoms with Crippen molar-refractivity contribution < 1.29 is 29.6 Å². The van der Waals surface area contributed by atoms with Gasteiger partial charge in [0.25, 0.3) is 0 Å². The number of unbranched alkanes of at least 4 members (excludes halogenated alkanes) is 13. The van der Waals surface area contributed by atoms with E-state index in [0.717, 1.165) is 51.4 Å². The number of hydrogen-bond acceptors (Lipinski definition) is 5. The van der Waals surface area contributed by atoms with Gasteiger partial charge in [-0.05, 0) is 25.7 Å². The third-order valence-electron chi connectivity index (χ3n) is 6.44. The van der Waals surface area contributed by atoms with Gasteiger partial charge >= 0.3 is 5.97 Å². The number of carbonyl (C=O) groups is 1. The molecule has 1 aromatic carbocycles. The van der Waals surface area contributed by atoms with Gasteiger partial charge in [-0.1, -0.05) is 104 Å². The molecule has 35 heavy (non-hydrogen) atoms. The third kappa shape index (κ3) is 11.4. The Morgan fingerprint density at radius 3 is 1.49 bits per heavy atom. The van der Waals surface area contributed by atoms with E-state index >= 15 is 0 Å². The van der Waals surface area contributed by atoms with Crippen molar-refractivity contribution in [3.63, 3.8) is 0 Å². The summed E-state index contributed by atoms with van der Waals surface area (Å²) in [5.74, 6) is -2.10. The number of ether oxygens (including phenoxy) is 2. The Balaban J connectivity index is 2.92. The Hall–Kier alpha value is -2.11. The molecule has 3 N–H and O–H groups in total. The summed E-state index contributed by atoms with van der Waals surface area (Å²) in [7, 11) is 0. The van der Waals surface area contributed by atoms with Crippen LogP contribution in [0.25, 0.3) is 0 Å². The summed E-state index contributed by atoms with van der Waals surface area (Å²) in [4.78, 5) is 12.0. The molecule has 0 bridgehead atoms. The van der Waals surface area contributed by atoms with Gasteiger partial charge in [-0.2, -0.15) is 0 Å². The predicted octanol–water partition coefficient (Wildman–Crippen LogP) is 8.40. The Morgan fingerprint density at radius 2 is 1.03 bits per heavy atom. The third-order valence-corrected chi connectivity index (χ3v) is 6.44. The minimum atomic E-state index is -1.27. The molecule has 0 saturated heterocycles. The summed E-state index contributed by atoms with van der Waals surface area (Å²) in [6.07, 6.45) is 18.0. The van der Waals surface area contributed by atoms with Crippen molar-refractivity contribution in [2.75, 3.05) is 13.2 Å². The summed E-state index contributed by atoms with van der Waals surface area (Å²) in [6, 6.07) is 0. The first-order valence-corrected chi connectivity index (χ1v) is 14.1. The van der Waals surface area contributed by atoms with E-state index in [2.05, 4.69) is 13.8 Å². The molecule has 0 saturated carbocycles. The molecule has 0 atom stereocenters. The summed E-state index contributed by atoms with van der Waals surface area (Å²) >= 11 is 0. The van der Waals surface area contributed by atoms with Crippen LogP contribution in [0.4, 0.5) is 0 Å². The summed E-state index contributed by atoms with van der Waals surface area (Å²) in [6.45, 7) is 7.24. The Bertz CT molecular complexity index is 716. The molecule has 202 valence electrons. The molecular formula is C29H50O6. The van der Waals surface area contributed by atoms with Crippen molar-refractivity contribution in [1.29, 1.82) is 0 Å². The zero-order chi connectivity index (χ0) is 25.9. The van der Waals surface area contributed by atoms with E-state index in [9.17, 15) is 20.1 Å². The van der Waals surface area contributed by atoms with E-state index in [1.54, 1.807) is 0 Å². The molecule has 0 aliphatic heterocycles. The minimum absolute atomic E-state index is 0.0764. The number of aromatic hydroxyl groups is 2. The van der Waals surface area contributed by atoms with E-state index in [-0.39, 0.29) is 17.1 Å². The average Bonchev–Trinajstić information content (AvgIpc) is 2.84. The number of phenolic OH excluding ortho intramolecular Hbond substituents is 1. The van der Waals surface area contributed by atoms with E-state index in [4.69, 9.17) is 9.47 Å². The molecule has 0 aliphatic rings. The van der Waals surface area contributed by atoms with Crippen molar-refractivity contribution in [2.24, 2.45) is 0 Å². The maximum absolute atomic E-state index is 12.0. The number of phenols is 2. The minimum Gasteiger partial charge on any atom is -0.504 e. The molecule has 6 heteroatoms. The van der Waals surface area contributed by atoms with Crippen LogP contribution in [0.1, 0.15) is 139 Å². The van der Waals surface area contributed by atoms with E-state index in [1.165, 1.54) is 51.4 Å². The number of carboxylic acid groups (broad SMARTS) is 1. The first kappa shape index (κ1) is 30.9. The van der Waals surface area contributed by atoms with Crippen LogP contribution >= 0.6 is 0 Å². The predicted molar refractivity (Wildman–Crippen MR) is 142 cm³/mol. The van der Waals surface area contributed by atoms with Crippen LogP contribution in [-0.4, -0.2) is 34.5 Å². The Labute approximate surface area is 213 Å². The van der Waals surface area contributed by atoms with E-state index in [1.807, 2.05) is 6.92 Å². The molecule has 0 spiro atoms. The van der Waals surface area contributed by atoms with Crippen LogP contribution in [0.5, 0.6) is 23.0 Å². The lowest BCUT2D eigenvalue weighted by Gasteiger charge is -2.21. The van der Waals surface area contributed by atoms with Crippen LogP contribution in [0.15, 0.2) is 0 Å². The molecule has 0 amide bonds. The van der Waals surface area contributed by atoms with Gasteiger partial charge in [0.15, 0.2) is 11.5 Å². The Morgan fingerprint density at radius 1 is 0.600 bits per heavy atom. The number of carboxylic acids is 1. The maximum Gasteiger partial charge on any atom is 0.340 e. The van der Waals surface area contributed by atoms with E-state index in [0.29, 0.717) is 25.2 Å². The van der Waals surface area contributed by atoms with Crippen molar-refractivity contribution >= 4 is 5.97 Å². The number of aromatic carboxylic acids is 1. The largest absolute Gasteiger partial charge is 0.504 e. The fraction of sp³-hybridized carbons (Fsp3) is 0.759. The second-order valence-electron chi connectivity index (χ2n) is 9.56. The first-order chi connectivity index (χ1) is 17.0. The first-order valence-electron chi connectivity index (χ1n) is 14.1. The number of benzene rings is 1. The molecule has 0 unspecified atom stereocenters. The van der Waals surface area contributed by atoms with Gasteiger partial charge in [0.05, 0.1) is 13.2 Å². The summed E-state index contributed by atoms with van der Waals surface area (Å²) < 4.78 is 12.0. The van der Waals surface area contributed by atoms with Gasteiger partial charge in [-0.15, -0.1) is 0 Å². The zero-order valence-corrected chi connectivity index (χ0v) is 22.5. The van der Waals surface area contributed by atoms with E-state index < -0.39 is 17.5 Å².